The molecule has 0 aliphatic heterocycles. The van der Waals surface area contributed by atoms with Crippen LogP contribution < -0.4 is 15.2 Å². The highest BCUT2D eigenvalue weighted by atomic mass is 19.3. The number of ether oxygens (including phenoxy) is 2. The summed E-state index contributed by atoms with van der Waals surface area (Å²) in [6.07, 6.45) is 4.76. The Morgan fingerprint density at radius 2 is 1.82 bits per heavy atom. The largest absolute Gasteiger partial charge is 0.497 e. The number of methoxy groups -OCH3 is 1. The number of hydrogen-bond acceptors (Lipinski definition) is 6. The molecular formula is C19H16F2N4O3. The molecular weight excluding hydrogens is 370 g/mol. The number of nitrogens with two attached hydrogens (primary N) is 1. The van der Waals surface area contributed by atoms with Crippen LogP contribution in [0.15, 0.2) is 48.9 Å². The van der Waals surface area contributed by atoms with Crippen molar-refractivity contribution in [3.63, 3.8) is 0 Å². The molecule has 1 amide bonds. The van der Waals surface area contributed by atoms with Crippen LogP contribution in [0.1, 0.15) is 21.7 Å². The fourth-order valence-corrected chi connectivity index (χ4v) is 2.58. The zero-order chi connectivity index (χ0) is 20.1. The van der Waals surface area contributed by atoms with Crippen molar-refractivity contribution < 1.29 is 23.0 Å². The van der Waals surface area contributed by atoms with Gasteiger partial charge in [-0.15, -0.1) is 0 Å². The van der Waals surface area contributed by atoms with Gasteiger partial charge in [-0.05, 0) is 34.9 Å². The summed E-state index contributed by atoms with van der Waals surface area (Å²) < 4.78 is 35.3. The lowest BCUT2D eigenvalue weighted by Crippen LogP contribution is -2.15. The Kier molecular flexibility index (Phi) is 5.73. The molecule has 0 saturated carbocycles. The van der Waals surface area contributed by atoms with E-state index in [0.29, 0.717) is 28.9 Å². The molecule has 2 N–H and O–H groups in total. The molecule has 28 heavy (non-hydrogen) atoms. The van der Waals surface area contributed by atoms with E-state index in [2.05, 4.69) is 19.7 Å². The summed E-state index contributed by atoms with van der Waals surface area (Å²) in [6, 6.07) is 8.62. The maximum absolute atomic E-state index is 12.8. The SMILES string of the molecule is COc1cccc(-c2cc(Cc3cnc(C(N)=O)nc3)cnc2OC(F)F)c1. The zero-order valence-corrected chi connectivity index (χ0v) is 14.8. The van der Waals surface area contributed by atoms with Gasteiger partial charge in [0.05, 0.1) is 7.11 Å². The van der Waals surface area contributed by atoms with Gasteiger partial charge in [0.1, 0.15) is 5.75 Å². The van der Waals surface area contributed by atoms with Crippen LogP contribution in [0.5, 0.6) is 11.6 Å². The Morgan fingerprint density at radius 3 is 2.46 bits per heavy atom. The number of carbonyl (C=O) groups is 1. The number of nitrogens with zero attached hydrogens (tertiary/aromatic N) is 3. The fourth-order valence-electron chi connectivity index (χ4n) is 2.58. The van der Waals surface area contributed by atoms with Gasteiger partial charge in [0, 0.05) is 30.6 Å². The first-order chi connectivity index (χ1) is 13.5. The standard InChI is InChI=1S/C19H16F2N4O3/c1-27-14-4-2-3-13(7-14)15-6-11(8-25-18(15)28-19(20)21)5-12-9-23-17(16(22)26)24-10-12/h2-4,6-10,19H,5H2,1H3,(H2,22,26). The predicted molar refractivity (Wildman–Crippen MR) is 96.2 cm³/mol. The molecule has 0 fully saturated rings. The molecule has 0 aliphatic rings. The van der Waals surface area contributed by atoms with Crippen LogP contribution in [0.3, 0.4) is 0 Å². The Bertz CT molecular complexity index is 981. The number of aromatic nitrogens is 3. The molecule has 0 atom stereocenters. The Balaban J connectivity index is 1.95. The van der Waals surface area contributed by atoms with Crippen LogP contribution in [0.25, 0.3) is 11.1 Å². The van der Waals surface area contributed by atoms with E-state index < -0.39 is 12.5 Å². The number of benzene rings is 1. The Hall–Kier alpha value is -3.62. The third-order valence-corrected chi connectivity index (χ3v) is 3.82. The van der Waals surface area contributed by atoms with Gasteiger partial charge in [-0.25, -0.2) is 15.0 Å². The minimum Gasteiger partial charge on any atom is -0.497 e. The molecule has 0 saturated heterocycles. The molecule has 9 heteroatoms. The highest BCUT2D eigenvalue weighted by Gasteiger charge is 2.15. The second-order valence-electron chi connectivity index (χ2n) is 5.76. The van der Waals surface area contributed by atoms with Gasteiger partial charge in [-0.1, -0.05) is 12.1 Å². The van der Waals surface area contributed by atoms with E-state index in [1.54, 1.807) is 30.3 Å². The van der Waals surface area contributed by atoms with Gasteiger partial charge in [0.2, 0.25) is 11.7 Å². The number of amides is 1. The van der Waals surface area contributed by atoms with Crippen molar-refractivity contribution in [1.82, 2.24) is 15.0 Å². The van der Waals surface area contributed by atoms with Gasteiger partial charge in [0.25, 0.3) is 5.91 Å². The lowest BCUT2D eigenvalue weighted by molar-refractivity contribution is -0.0524. The van der Waals surface area contributed by atoms with Gasteiger partial charge in [0.15, 0.2) is 0 Å². The lowest BCUT2D eigenvalue weighted by atomic mass is 10.0. The molecule has 0 bridgehead atoms. The van der Waals surface area contributed by atoms with E-state index in [1.165, 1.54) is 25.7 Å². The zero-order valence-electron chi connectivity index (χ0n) is 14.8. The molecule has 2 heterocycles. The van der Waals surface area contributed by atoms with E-state index in [1.807, 2.05) is 0 Å². The quantitative estimate of drug-likeness (QED) is 0.670. The first kappa shape index (κ1) is 19.2. The smallest absolute Gasteiger partial charge is 0.388 e. The van der Waals surface area contributed by atoms with Crippen molar-refractivity contribution in [2.24, 2.45) is 5.73 Å². The molecule has 7 nitrogen and oxygen atoms in total. The van der Waals surface area contributed by atoms with E-state index >= 15 is 0 Å². The third-order valence-electron chi connectivity index (χ3n) is 3.82. The van der Waals surface area contributed by atoms with E-state index in [4.69, 9.17) is 10.5 Å². The molecule has 0 spiro atoms. The minimum atomic E-state index is -3.00. The highest BCUT2D eigenvalue weighted by Crippen LogP contribution is 2.32. The van der Waals surface area contributed by atoms with Crippen molar-refractivity contribution in [3.8, 4) is 22.8 Å². The monoisotopic (exact) mass is 386 g/mol. The number of pyridine rings is 1. The summed E-state index contributed by atoms with van der Waals surface area (Å²) in [5.41, 5.74) is 7.55. The van der Waals surface area contributed by atoms with Crippen molar-refractivity contribution >= 4 is 5.91 Å². The first-order valence-corrected chi connectivity index (χ1v) is 8.15. The number of halogens is 2. The maximum Gasteiger partial charge on any atom is 0.388 e. The van der Waals surface area contributed by atoms with Gasteiger partial charge >= 0.3 is 6.61 Å². The summed E-state index contributed by atoms with van der Waals surface area (Å²) in [7, 11) is 1.51. The van der Waals surface area contributed by atoms with Crippen LogP contribution in [-0.2, 0) is 6.42 Å². The van der Waals surface area contributed by atoms with Crippen LogP contribution in [0.2, 0.25) is 0 Å². The normalized spacial score (nSPS) is 10.7. The van der Waals surface area contributed by atoms with E-state index in [9.17, 15) is 13.6 Å². The molecule has 1 aromatic carbocycles. The summed E-state index contributed by atoms with van der Waals surface area (Å²) in [4.78, 5) is 22.9. The number of alkyl halides is 2. The number of hydrogen-bond donors (Lipinski definition) is 1. The summed E-state index contributed by atoms with van der Waals surface area (Å²) in [5, 5.41) is 0. The second-order valence-corrected chi connectivity index (χ2v) is 5.76. The fraction of sp³-hybridized carbons (Fsp3) is 0.158. The minimum absolute atomic E-state index is 0.0837. The highest BCUT2D eigenvalue weighted by molar-refractivity contribution is 5.88. The molecule has 144 valence electrons. The molecule has 0 aliphatic carbocycles. The van der Waals surface area contributed by atoms with Crippen molar-refractivity contribution in [2.45, 2.75) is 13.0 Å². The third kappa shape index (κ3) is 4.56. The van der Waals surface area contributed by atoms with Crippen LogP contribution in [-0.4, -0.2) is 34.6 Å². The number of rotatable bonds is 7. The second kappa shape index (κ2) is 8.38. The average molecular weight is 386 g/mol. The van der Waals surface area contributed by atoms with E-state index in [0.717, 1.165) is 5.56 Å². The molecule has 2 aromatic heterocycles. The average Bonchev–Trinajstić information content (AvgIpc) is 2.69. The van der Waals surface area contributed by atoms with Gasteiger partial charge < -0.3 is 15.2 Å². The number of primary amides is 1. The van der Waals surface area contributed by atoms with Gasteiger partial charge in [-0.2, -0.15) is 8.78 Å². The maximum atomic E-state index is 12.8. The Labute approximate surface area is 159 Å². The van der Waals surface area contributed by atoms with Crippen molar-refractivity contribution in [3.05, 3.63) is 65.9 Å². The lowest BCUT2D eigenvalue weighted by Gasteiger charge is -2.12. The molecule has 3 aromatic rings. The molecule has 0 unspecified atom stereocenters. The Morgan fingerprint density at radius 1 is 1.11 bits per heavy atom. The van der Waals surface area contributed by atoms with E-state index in [-0.39, 0.29) is 11.7 Å². The predicted octanol–water partition coefficient (Wildman–Crippen LogP) is 2.84. The summed E-state index contributed by atoms with van der Waals surface area (Å²) >= 11 is 0. The molecule has 3 rings (SSSR count). The summed E-state index contributed by atoms with van der Waals surface area (Å²) in [5.74, 6) is -0.421. The van der Waals surface area contributed by atoms with Crippen LogP contribution in [0.4, 0.5) is 8.78 Å². The topological polar surface area (TPSA) is 100 Å². The summed E-state index contributed by atoms with van der Waals surface area (Å²) in [6.45, 7) is -3.00. The molecule has 0 radical (unpaired) electrons. The first-order valence-electron chi connectivity index (χ1n) is 8.15. The van der Waals surface area contributed by atoms with Crippen molar-refractivity contribution in [1.29, 1.82) is 0 Å². The van der Waals surface area contributed by atoms with Gasteiger partial charge in [-0.3, -0.25) is 4.79 Å². The van der Waals surface area contributed by atoms with Crippen LogP contribution in [0, 0.1) is 0 Å². The number of carbonyl (C=O) groups excluding carboxylic acids is 1. The van der Waals surface area contributed by atoms with Crippen molar-refractivity contribution in [2.75, 3.05) is 7.11 Å². The van der Waals surface area contributed by atoms with Crippen LogP contribution >= 0.6 is 0 Å².